The molecular weight excluding hydrogens is 280 g/mol. The average Bonchev–Trinajstić information content (AvgIpc) is 3.05. The summed E-state index contributed by atoms with van der Waals surface area (Å²) >= 11 is 0. The summed E-state index contributed by atoms with van der Waals surface area (Å²) in [6.45, 7) is 0. The second-order valence-electron chi connectivity index (χ2n) is 5.71. The Bertz CT molecular complexity index is 862. The second kappa shape index (κ2) is 5.36. The van der Waals surface area contributed by atoms with E-state index in [1.54, 1.807) is 0 Å². The highest BCUT2D eigenvalue weighted by molar-refractivity contribution is 5.75. The van der Waals surface area contributed by atoms with Gasteiger partial charge < -0.3 is 9.40 Å². The zero-order chi connectivity index (χ0) is 14.9. The third-order valence-corrected chi connectivity index (χ3v) is 4.20. The molecule has 0 radical (unpaired) electrons. The SMILES string of the molecule is O=c1[nH]c2ccccc2nc1-c1nnc(C2CCCCC2)o1. The normalized spacial score (nSPS) is 16.2. The number of rotatable bonds is 2. The Labute approximate surface area is 126 Å². The van der Waals surface area contributed by atoms with Crippen LogP contribution >= 0.6 is 0 Å². The molecule has 4 rings (SSSR count). The third kappa shape index (κ3) is 2.30. The molecule has 0 spiro atoms. The Morgan fingerprint density at radius 1 is 1.09 bits per heavy atom. The van der Waals surface area contributed by atoms with Crippen LogP contribution in [0.3, 0.4) is 0 Å². The van der Waals surface area contributed by atoms with Crippen molar-refractivity contribution < 1.29 is 4.42 Å². The van der Waals surface area contributed by atoms with Crippen molar-refractivity contribution in [2.75, 3.05) is 0 Å². The van der Waals surface area contributed by atoms with Crippen LogP contribution in [0.25, 0.3) is 22.6 Å². The molecule has 1 fully saturated rings. The van der Waals surface area contributed by atoms with Gasteiger partial charge in [0.05, 0.1) is 11.0 Å². The van der Waals surface area contributed by atoms with Crippen molar-refractivity contribution in [3.63, 3.8) is 0 Å². The molecule has 1 aliphatic carbocycles. The van der Waals surface area contributed by atoms with Crippen LogP contribution in [0.4, 0.5) is 0 Å². The summed E-state index contributed by atoms with van der Waals surface area (Å²) in [6.07, 6.45) is 5.80. The molecule has 0 unspecified atom stereocenters. The zero-order valence-electron chi connectivity index (χ0n) is 12.1. The molecule has 6 heteroatoms. The quantitative estimate of drug-likeness (QED) is 0.785. The number of aromatic amines is 1. The number of fused-ring (bicyclic) bond motifs is 1. The van der Waals surface area contributed by atoms with Crippen LogP contribution in [-0.4, -0.2) is 20.2 Å². The van der Waals surface area contributed by atoms with E-state index in [9.17, 15) is 4.79 Å². The minimum Gasteiger partial charge on any atom is -0.419 e. The molecule has 0 bridgehead atoms. The highest BCUT2D eigenvalue weighted by atomic mass is 16.4. The first-order chi connectivity index (χ1) is 10.8. The summed E-state index contributed by atoms with van der Waals surface area (Å²) in [6, 6.07) is 7.38. The lowest BCUT2D eigenvalue weighted by Crippen LogP contribution is -2.11. The fraction of sp³-hybridized carbons (Fsp3) is 0.375. The van der Waals surface area contributed by atoms with Crippen molar-refractivity contribution in [3.05, 3.63) is 40.5 Å². The Hall–Kier alpha value is -2.50. The summed E-state index contributed by atoms with van der Waals surface area (Å²) in [7, 11) is 0. The molecule has 112 valence electrons. The molecule has 2 heterocycles. The van der Waals surface area contributed by atoms with Gasteiger partial charge in [-0.05, 0) is 25.0 Å². The van der Waals surface area contributed by atoms with E-state index in [-0.39, 0.29) is 17.1 Å². The first-order valence-corrected chi connectivity index (χ1v) is 7.64. The summed E-state index contributed by atoms with van der Waals surface area (Å²) in [5.41, 5.74) is 1.28. The van der Waals surface area contributed by atoms with Gasteiger partial charge in [0.25, 0.3) is 11.4 Å². The van der Waals surface area contributed by atoms with Gasteiger partial charge in [0, 0.05) is 5.92 Å². The lowest BCUT2D eigenvalue weighted by Gasteiger charge is -2.17. The van der Waals surface area contributed by atoms with Crippen LogP contribution < -0.4 is 5.56 Å². The number of benzene rings is 1. The second-order valence-corrected chi connectivity index (χ2v) is 5.71. The Morgan fingerprint density at radius 2 is 1.91 bits per heavy atom. The summed E-state index contributed by atoms with van der Waals surface area (Å²) < 4.78 is 5.73. The predicted molar refractivity (Wildman–Crippen MR) is 81.5 cm³/mol. The number of hydrogen-bond acceptors (Lipinski definition) is 5. The monoisotopic (exact) mass is 296 g/mol. The molecule has 1 aliphatic rings. The van der Waals surface area contributed by atoms with Gasteiger partial charge in [0.1, 0.15) is 0 Å². The highest BCUT2D eigenvalue weighted by Crippen LogP contribution is 2.32. The van der Waals surface area contributed by atoms with Gasteiger partial charge in [0.2, 0.25) is 5.89 Å². The minimum absolute atomic E-state index is 0.188. The van der Waals surface area contributed by atoms with E-state index in [0.717, 1.165) is 12.8 Å². The molecule has 0 atom stereocenters. The van der Waals surface area contributed by atoms with Crippen molar-refractivity contribution in [2.45, 2.75) is 38.0 Å². The molecule has 2 aromatic heterocycles. The number of para-hydroxylation sites is 2. The Morgan fingerprint density at radius 3 is 2.77 bits per heavy atom. The lowest BCUT2D eigenvalue weighted by atomic mass is 9.89. The fourth-order valence-electron chi connectivity index (χ4n) is 3.02. The molecule has 6 nitrogen and oxygen atoms in total. The topological polar surface area (TPSA) is 84.7 Å². The van der Waals surface area contributed by atoms with Gasteiger partial charge in [-0.15, -0.1) is 10.2 Å². The largest absolute Gasteiger partial charge is 0.419 e. The number of nitrogens with one attached hydrogen (secondary N) is 1. The van der Waals surface area contributed by atoms with Gasteiger partial charge in [-0.2, -0.15) is 0 Å². The Balaban J connectivity index is 1.74. The predicted octanol–water partition coefficient (Wildman–Crippen LogP) is 3.02. The highest BCUT2D eigenvalue weighted by Gasteiger charge is 2.23. The van der Waals surface area contributed by atoms with Crippen LogP contribution in [0.15, 0.2) is 33.5 Å². The van der Waals surface area contributed by atoms with Gasteiger partial charge in [-0.3, -0.25) is 4.79 Å². The number of H-pyrrole nitrogens is 1. The van der Waals surface area contributed by atoms with Crippen molar-refractivity contribution in [2.24, 2.45) is 0 Å². The van der Waals surface area contributed by atoms with E-state index >= 15 is 0 Å². The summed E-state index contributed by atoms with van der Waals surface area (Å²) in [5.74, 6) is 1.14. The van der Waals surface area contributed by atoms with Gasteiger partial charge in [-0.25, -0.2) is 4.98 Å². The maximum atomic E-state index is 12.2. The minimum atomic E-state index is -0.308. The van der Waals surface area contributed by atoms with Crippen molar-refractivity contribution in [3.8, 4) is 11.6 Å². The molecule has 1 saturated carbocycles. The van der Waals surface area contributed by atoms with Crippen molar-refractivity contribution >= 4 is 11.0 Å². The standard InChI is InChI=1S/C16H16N4O2/c21-14-13(17-11-8-4-5-9-12(11)18-14)16-20-19-15(22-16)10-6-2-1-3-7-10/h4-5,8-10H,1-3,6-7H2,(H,18,21). The van der Waals surface area contributed by atoms with Gasteiger partial charge in [0.15, 0.2) is 5.69 Å². The van der Waals surface area contributed by atoms with Crippen molar-refractivity contribution in [1.29, 1.82) is 0 Å². The van der Waals surface area contributed by atoms with Crippen LogP contribution in [0.1, 0.15) is 43.9 Å². The van der Waals surface area contributed by atoms with Crippen molar-refractivity contribution in [1.82, 2.24) is 20.2 Å². The van der Waals surface area contributed by atoms with Crippen LogP contribution in [0, 0.1) is 0 Å². The molecule has 0 aliphatic heterocycles. The smallest absolute Gasteiger partial charge is 0.280 e. The van der Waals surface area contributed by atoms with E-state index in [4.69, 9.17) is 4.42 Å². The van der Waals surface area contributed by atoms with Crippen LogP contribution in [0.5, 0.6) is 0 Å². The number of hydrogen-bond donors (Lipinski definition) is 1. The first kappa shape index (κ1) is 13.2. The van der Waals surface area contributed by atoms with E-state index in [1.165, 1.54) is 19.3 Å². The van der Waals surface area contributed by atoms with E-state index in [0.29, 0.717) is 22.8 Å². The zero-order valence-corrected chi connectivity index (χ0v) is 12.1. The molecular formula is C16H16N4O2. The van der Waals surface area contributed by atoms with E-state index < -0.39 is 0 Å². The number of aromatic nitrogens is 4. The van der Waals surface area contributed by atoms with Crippen LogP contribution in [0.2, 0.25) is 0 Å². The lowest BCUT2D eigenvalue weighted by molar-refractivity contribution is 0.367. The molecule has 0 saturated heterocycles. The Kier molecular flexibility index (Phi) is 3.21. The average molecular weight is 296 g/mol. The summed E-state index contributed by atoms with van der Waals surface area (Å²) in [5, 5.41) is 8.16. The van der Waals surface area contributed by atoms with Gasteiger partial charge in [-0.1, -0.05) is 31.4 Å². The number of nitrogens with zero attached hydrogens (tertiary/aromatic N) is 3. The maximum Gasteiger partial charge on any atom is 0.280 e. The van der Waals surface area contributed by atoms with Gasteiger partial charge >= 0.3 is 0 Å². The van der Waals surface area contributed by atoms with Crippen LogP contribution in [-0.2, 0) is 0 Å². The molecule has 1 N–H and O–H groups in total. The molecule has 3 aromatic rings. The third-order valence-electron chi connectivity index (χ3n) is 4.20. The van der Waals surface area contributed by atoms with E-state index in [1.807, 2.05) is 24.3 Å². The summed E-state index contributed by atoms with van der Waals surface area (Å²) in [4.78, 5) is 19.3. The molecule has 22 heavy (non-hydrogen) atoms. The maximum absolute atomic E-state index is 12.2. The molecule has 1 aromatic carbocycles. The van der Waals surface area contributed by atoms with E-state index in [2.05, 4.69) is 20.2 Å². The molecule has 0 amide bonds. The fourth-order valence-corrected chi connectivity index (χ4v) is 3.02. The first-order valence-electron chi connectivity index (χ1n) is 7.64.